The highest BCUT2D eigenvalue weighted by Crippen LogP contribution is 2.38. The number of pyridine rings is 1. The Labute approximate surface area is 284 Å². The lowest BCUT2D eigenvalue weighted by Crippen LogP contribution is -1.92. The molecule has 0 unspecified atom stereocenters. The zero-order chi connectivity index (χ0) is 32.3. The molecule has 0 spiro atoms. The van der Waals surface area contributed by atoms with Crippen LogP contribution in [-0.2, 0) is 0 Å². The van der Waals surface area contributed by atoms with Gasteiger partial charge in [-0.05, 0) is 92.0 Å². The van der Waals surface area contributed by atoms with E-state index < -0.39 is 0 Å². The number of para-hydroxylation sites is 2. The molecule has 0 saturated carbocycles. The molecule has 49 heavy (non-hydrogen) atoms. The van der Waals surface area contributed by atoms with Gasteiger partial charge in [0, 0.05) is 27.6 Å². The Morgan fingerprint density at radius 3 is 1.49 bits per heavy atom. The molecule has 0 amide bonds. The molecule has 0 aliphatic heterocycles. The van der Waals surface area contributed by atoms with Crippen molar-refractivity contribution in [1.82, 2.24) is 9.55 Å². The van der Waals surface area contributed by atoms with Crippen molar-refractivity contribution in [3.8, 4) is 39.3 Å². The minimum Gasteiger partial charge on any atom is -0.309 e. The molecule has 2 heteroatoms. The van der Waals surface area contributed by atoms with Gasteiger partial charge in [-0.1, -0.05) is 133 Å². The van der Waals surface area contributed by atoms with E-state index >= 15 is 0 Å². The monoisotopic (exact) mass is 622 g/mol. The molecule has 2 aromatic heterocycles. The van der Waals surface area contributed by atoms with E-state index in [9.17, 15) is 0 Å². The normalized spacial score (nSPS) is 11.7. The van der Waals surface area contributed by atoms with Crippen LogP contribution < -0.4 is 0 Å². The summed E-state index contributed by atoms with van der Waals surface area (Å²) in [6.45, 7) is 0. The predicted octanol–water partition coefficient (Wildman–Crippen LogP) is 12.6. The van der Waals surface area contributed by atoms with E-state index in [1.165, 1.54) is 70.9 Å². The van der Waals surface area contributed by atoms with Crippen LogP contribution in [0.2, 0.25) is 0 Å². The third-order valence-corrected chi connectivity index (χ3v) is 9.99. The van der Waals surface area contributed by atoms with Crippen LogP contribution >= 0.6 is 0 Å². The van der Waals surface area contributed by atoms with Crippen molar-refractivity contribution in [2.24, 2.45) is 0 Å². The van der Waals surface area contributed by atoms with Crippen molar-refractivity contribution in [2.75, 3.05) is 0 Å². The molecule has 0 aliphatic carbocycles. The van der Waals surface area contributed by atoms with Gasteiger partial charge in [0.2, 0.25) is 0 Å². The molecule has 0 N–H and O–H groups in total. The minimum atomic E-state index is 0.967. The zero-order valence-electron chi connectivity index (χ0n) is 26.7. The van der Waals surface area contributed by atoms with Crippen molar-refractivity contribution in [3.05, 3.63) is 182 Å². The molecule has 0 saturated heterocycles. The maximum atomic E-state index is 5.17. The fraction of sp³-hybridized carbons (Fsp3) is 0. The summed E-state index contributed by atoms with van der Waals surface area (Å²) >= 11 is 0. The fourth-order valence-corrected chi connectivity index (χ4v) is 7.66. The van der Waals surface area contributed by atoms with Gasteiger partial charge in [0.15, 0.2) is 0 Å². The molecule has 228 valence electrons. The van der Waals surface area contributed by atoms with Crippen molar-refractivity contribution in [2.45, 2.75) is 0 Å². The summed E-state index contributed by atoms with van der Waals surface area (Å²) < 4.78 is 2.36. The highest BCUT2D eigenvalue weighted by atomic mass is 15.0. The first-order chi connectivity index (χ1) is 24.3. The molecule has 0 bridgehead atoms. The standard InChI is InChI=1S/C47H30N2/c1-2-11-35(12-3-1)49-46-20-9-8-17-41(46)43-29-33(26-28-47(43)49)31-21-23-32(24-22-31)44-18-10-19-45(48-44)34-25-27-40-38-15-5-4-13-36(38)37-14-6-7-16-39(37)42(40)30-34/h1-30H. The summed E-state index contributed by atoms with van der Waals surface area (Å²) in [7, 11) is 0. The van der Waals surface area contributed by atoms with Crippen LogP contribution in [0.4, 0.5) is 0 Å². The van der Waals surface area contributed by atoms with E-state index in [1.54, 1.807) is 0 Å². The van der Waals surface area contributed by atoms with Crippen LogP contribution in [0, 0.1) is 0 Å². The molecule has 8 aromatic carbocycles. The maximum Gasteiger partial charge on any atom is 0.0709 e. The Hall–Kier alpha value is -6.51. The second-order valence-electron chi connectivity index (χ2n) is 12.8. The lowest BCUT2D eigenvalue weighted by Gasteiger charge is -2.12. The summed E-state index contributed by atoms with van der Waals surface area (Å²) in [4.78, 5) is 5.17. The van der Waals surface area contributed by atoms with E-state index in [1.807, 2.05) is 0 Å². The van der Waals surface area contributed by atoms with Crippen LogP contribution in [0.25, 0.3) is 93.5 Å². The van der Waals surface area contributed by atoms with Gasteiger partial charge < -0.3 is 4.57 Å². The lowest BCUT2D eigenvalue weighted by atomic mass is 9.93. The zero-order valence-corrected chi connectivity index (χ0v) is 26.7. The molecule has 10 rings (SSSR count). The molecule has 0 radical (unpaired) electrons. The predicted molar refractivity (Wildman–Crippen MR) is 207 cm³/mol. The van der Waals surface area contributed by atoms with Crippen molar-refractivity contribution >= 4 is 54.1 Å². The van der Waals surface area contributed by atoms with Crippen LogP contribution in [0.1, 0.15) is 0 Å². The maximum absolute atomic E-state index is 5.17. The Kier molecular flexibility index (Phi) is 6.22. The van der Waals surface area contributed by atoms with Crippen LogP contribution in [0.3, 0.4) is 0 Å². The number of hydrogen-bond acceptors (Lipinski definition) is 1. The number of nitrogens with zero attached hydrogens (tertiary/aromatic N) is 2. The first kappa shape index (κ1) is 27.6. The second-order valence-corrected chi connectivity index (χ2v) is 12.8. The molecule has 0 aliphatic rings. The van der Waals surface area contributed by atoms with Crippen LogP contribution in [0.15, 0.2) is 182 Å². The summed E-state index contributed by atoms with van der Waals surface area (Å²) in [5, 5.41) is 10.2. The summed E-state index contributed by atoms with van der Waals surface area (Å²) in [6, 6.07) is 65.5. The van der Waals surface area contributed by atoms with Gasteiger partial charge in [-0.3, -0.25) is 0 Å². The van der Waals surface area contributed by atoms with Gasteiger partial charge in [-0.15, -0.1) is 0 Å². The van der Waals surface area contributed by atoms with E-state index in [0.29, 0.717) is 0 Å². The van der Waals surface area contributed by atoms with Gasteiger partial charge >= 0.3 is 0 Å². The van der Waals surface area contributed by atoms with Crippen molar-refractivity contribution < 1.29 is 0 Å². The minimum absolute atomic E-state index is 0.967. The number of rotatable bonds is 4. The second kappa shape index (κ2) is 11.0. The highest BCUT2D eigenvalue weighted by Gasteiger charge is 2.14. The van der Waals surface area contributed by atoms with Gasteiger partial charge in [0.25, 0.3) is 0 Å². The molecule has 2 heterocycles. The van der Waals surface area contributed by atoms with Crippen LogP contribution in [-0.4, -0.2) is 9.55 Å². The molecule has 2 nitrogen and oxygen atoms in total. The Morgan fingerprint density at radius 1 is 0.286 bits per heavy atom. The Balaban J connectivity index is 1.02. The van der Waals surface area contributed by atoms with Gasteiger partial charge in [-0.25, -0.2) is 4.98 Å². The van der Waals surface area contributed by atoms with E-state index in [2.05, 4.69) is 187 Å². The topological polar surface area (TPSA) is 17.8 Å². The van der Waals surface area contributed by atoms with Gasteiger partial charge in [0.05, 0.1) is 22.4 Å². The van der Waals surface area contributed by atoms with Crippen molar-refractivity contribution in [3.63, 3.8) is 0 Å². The average Bonchev–Trinajstić information content (AvgIpc) is 3.52. The molecule has 10 aromatic rings. The average molecular weight is 623 g/mol. The third-order valence-electron chi connectivity index (χ3n) is 9.99. The molecule has 0 fully saturated rings. The van der Waals surface area contributed by atoms with E-state index in [0.717, 1.165) is 22.5 Å². The van der Waals surface area contributed by atoms with Crippen LogP contribution in [0.5, 0.6) is 0 Å². The number of hydrogen-bond donors (Lipinski definition) is 0. The summed E-state index contributed by atoms with van der Waals surface area (Å²) in [6.07, 6.45) is 0. The Bertz CT molecular complexity index is 2830. The quantitative estimate of drug-likeness (QED) is 0.179. The third kappa shape index (κ3) is 4.46. The molecular formula is C47H30N2. The van der Waals surface area contributed by atoms with Gasteiger partial charge in [-0.2, -0.15) is 0 Å². The lowest BCUT2D eigenvalue weighted by molar-refractivity contribution is 1.18. The molecule has 0 atom stereocenters. The summed E-state index contributed by atoms with van der Waals surface area (Å²) in [5.41, 5.74) is 10.2. The number of aromatic nitrogens is 2. The number of benzene rings is 8. The molecular weight excluding hydrogens is 593 g/mol. The smallest absolute Gasteiger partial charge is 0.0709 e. The SMILES string of the molecule is c1ccc(-n2c3ccccc3c3cc(-c4ccc(-c5cccc(-c6ccc7c8ccccc8c8ccccc8c7c6)n5)cc4)ccc32)cc1. The number of fused-ring (bicyclic) bond motifs is 9. The fourth-order valence-electron chi connectivity index (χ4n) is 7.66. The van der Waals surface area contributed by atoms with E-state index in [4.69, 9.17) is 4.98 Å². The first-order valence-corrected chi connectivity index (χ1v) is 16.8. The highest BCUT2D eigenvalue weighted by molar-refractivity contribution is 6.25. The van der Waals surface area contributed by atoms with E-state index in [-0.39, 0.29) is 0 Å². The van der Waals surface area contributed by atoms with Crippen molar-refractivity contribution in [1.29, 1.82) is 0 Å². The first-order valence-electron chi connectivity index (χ1n) is 16.8. The largest absolute Gasteiger partial charge is 0.309 e. The van der Waals surface area contributed by atoms with Gasteiger partial charge in [0.1, 0.15) is 0 Å². The Morgan fingerprint density at radius 2 is 0.776 bits per heavy atom. The summed E-state index contributed by atoms with van der Waals surface area (Å²) in [5.74, 6) is 0.